The van der Waals surface area contributed by atoms with Crippen molar-refractivity contribution in [2.45, 2.75) is 20.0 Å². The summed E-state index contributed by atoms with van der Waals surface area (Å²) in [6.07, 6.45) is 0. The first-order chi connectivity index (χ1) is 9.25. The average molecular weight is 292 g/mol. The van der Waals surface area contributed by atoms with Crippen LogP contribution in [0.25, 0.3) is 4.96 Å². The van der Waals surface area contributed by atoms with Gasteiger partial charge < -0.3 is 5.32 Å². The van der Waals surface area contributed by atoms with Crippen LogP contribution in [0.5, 0.6) is 0 Å². The summed E-state index contributed by atoms with van der Waals surface area (Å²) in [5.74, 6) is 0. The van der Waals surface area contributed by atoms with Gasteiger partial charge in [-0.1, -0.05) is 41.9 Å². The van der Waals surface area contributed by atoms with Crippen LogP contribution < -0.4 is 5.32 Å². The largest absolute Gasteiger partial charge is 0.307 e. The van der Waals surface area contributed by atoms with Crippen molar-refractivity contribution in [1.29, 1.82) is 0 Å². The number of benzene rings is 1. The second kappa shape index (κ2) is 5.33. The molecule has 0 amide bonds. The van der Waals surface area contributed by atoms with E-state index in [0.717, 1.165) is 17.2 Å². The number of aromatic nitrogens is 2. The van der Waals surface area contributed by atoms with Gasteiger partial charge in [0.05, 0.1) is 5.69 Å². The molecule has 3 nitrogen and oxygen atoms in total. The van der Waals surface area contributed by atoms with E-state index in [-0.39, 0.29) is 0 Å². The summed E-state index contributed by atoms with van der Waals surface area (Å²) < 4.78 is 2.12. The number of thiazole rings is 1. The zero-order valence-electron chi connectivity index (χ0n) is 10.6. The molecule has 2 heterocycles. The Kier molecular flexibility index (Phi) is 3.55. The number of rotatable bonds is 4. The summed E-state index contributed by atoms with van der Waals surface area (Å²) in [5, 5.41) is 6.10. The Morgan fingerprint density at radius 3 is 2.84 bits per heavy atom. The molecule has 0 saturated carbocycles. The zero-order valence-corrected chi connectivity index (χ0v) is 12.1. The van der Waals surface area contributed by atoms with Crippen molar-refractivity contribution in [3.8, 4) is 0 Å². The number of nitrogens with one attached hydrogen (secondary N) is 1. The van der Waals surface area contributed by atoms with Crippen molar-refractivity contribution < 1.29 is 0 Å². The molecule has 1 aromatic carbocycles. The molecule has 0 saturated heterocycles. The molecule has 3 aromatic rings. The molecule has 0 atom stereocenters. The van der Waals surface area contributed by atoms with E-state index < -0.39 is 0 Å². The van der Waals surface area contributed by atoms with E-state index in [4.69, 9.17) is 11.6 Å². The molecule has 3 rings (SSSR count). The van der Waals surface area contributed by atoms with E-state index >= 15 is 0 Å². The molecule has 0 unspecified atom stereocenters. The normalized spacial score (nSPS) is 11.3. The van der Waals surface area contributed by atoms with Gasteiger partial charge in [0, 0.05) is 24.2 Å². The highest BCUT2D eigenvalue weighted by Crippen LogP contribution is 2.23. The monoisotopic (exact) mass is 291 g/mol. The summed E-state index contributed by atoms with van der Waals surface area (Å²) in [4.78, 5) is 5.32. The van der Waals surface area contributed by atoms with E-state index in [2.05, 4.69) is 39.1 Å². The molecule has 1 N–H and O–H groups in total. The van der Waals surface area contributed by atoms with Gasteiger partial charge in [-0.05, 0) is 12.5 Å². The Labute approximate surface area is 120 Å². The zero-order chi connectivity index (χ0) is 13.2. The molecular weight excluding hydrogens is 278 g/mol. The van der Waals surface area contributed by atoms with Gasteiger partial charge >= 0.3 is 0 Å². The molecular formula is C14H14ClN3S. The predicted octanol–water partition coefficient (Wildman–Crippen LogP) is 3.65. The van der Waals surface area contributed by atoms with E-state index in [1.807, 2.05) is 18.2 Å². The van der Waals surface area contributed by atoms with E-state index in [1.165, 1.54) is 11.3 Å². The van der Waals surface area contributed by atoms with E-state index in [0.29, 0.717) is 11.7 Å². The summed E-state index contributed by atoms with van der Waals surface area (Å²) in [7, 11) is 0. The minimum Gasteiger partial charge on any atom is -0.307 e. The Morgan fingerprint density at radius 2 is 2.05 bits per heavy atom. The Hall–Kier alpha value is -1.36. The number of halogens is 1. The van der Waals surface area contributed by atoms with Gasteiger partial charge in [-0.25, -0.2) is 4.98 Å². The van der Waals surface area contributed by atoms with Crippen LogP contribution in [0.4, 0.5) is 0 Å². The lowest BCUT2D eigenvalue weighted by molar-refractivity contribution is 0.674. The van der Waals surface area contributed by atoms with Crippen LogP contribution in [-0.2, 0) is 13.1 Å². The Morgan fingerprint density at radius 1 is 1.26 bits per heavy atom. The number of aryl methyl sites for hydroxylation is 1. The smallest absolute Gasteiger partial charge is 0.195 e. The standard InChI is InChI=1S/C14H14ClN3S/c1-10-9-19-14-17-13(15)12(18(10)14)8-16-7-11-5-3-2-4-6-11/h2-6,9,16H,7-8H2,1H3. The molecule has 0 fully saturated rings. The third-order valence-electron chi connectivity index (χ3n) is 3.05. The van der Waals surface area contributed by atoms with Crippen molar-refractivity contribution in [1.82, 2.24) is 14.7 Å². The molecule has 2 aromatic heterocycles. The maximum atomic E-state index is 6.20. The fourth-order valence-corrected chi connectivity index (χ4v) is 3.28. The molecule has 0 radical (unpaired) electrons. The van der Waals surface area contributed by atoms with Crippen molar-refractivity contribution in [2.75, 3.05) is 0 Å². The van der Waals surface area contributed by atoms with E-state index in [9.17, 15) is 0 Å². The van der Waals surface area contributed by atoms with Crippen LogP contribution in [0.2, 0.25) is 5.15 Å². The first kappa shape index (κ1) is 12.7. The summed E-state index contributed by atoms with van der Waals surface area (Å²) in [5.41, 5.74) is 3.48. The van der Waals surface area contributed by atoms with Crippen LogP contribution in [0.3, 0.4) is 0 Å². The van der Waals surface area contributed by atoms with E-state index in [1.54, 1.807) is 11.3 Å². The van der Waals surface area contributed by atoms with Gasteiger partial charge in [-0.3, -0.25) is 4.40 Å². The van der Waals surface area contributed by atoms with Crippen molar-refractivity contribution in [2.24, 2.45) is 0 Å². The van der Waals surface area contributed by atoms with Crippen LogP contribution in [0.1, 0.15) is 17.0 Å². The fraction of sp³-hybridized carbons (Fsp3) is 0.214. The highest BCUT2D eigenvalue weighted by molar-refractivity contribution is 7.15. The van der Waals surface area contributed by atoms with Crippen molar-refractivity contribution in [3.05, 3.63) is 57.8 Å². The molecule has 0 aliphatic carbocycles. The summed E-state index contributed by atoms with van der Waals surface area (Å²) in [6.45, 7) is 3.61. The molecule has 0 spiro atoms. The maximum absolute atomic E-state index is 6.20. The average Bonchev–Trinajstić information content (AvgIpc) is 2.92. The third-order valence-corrected chi connectivity index (χ3v) is 4.29. The SMILES string of the molecule is Cc1csc2nc(Cl)c(CNCc3ccccc3)n12. The number of fused-ring (bicyclic) bond motifs is 1. The number of hydrogen-bond donors (Lipinski definition) is 1. The summed E-state index contributed by atoms with van der Waals surface area (Å²) in [6, 6.07) is 10.3. The highest BCUT2D eigenvalue weighted by Gasteiger charge is 2.12. The maximum Gasteiger partial charge on any atom is 0.195 e. The van der Waals surface area contributed by atoms with Crippen molar-refractivity contribution in [3.63, 3.8) is 0 Å². The molecule has 98 valence electrons. The van der Waals surface area contributed by atoms with Gasteiger partial charge in [0.2, 0.25) is 0 Å². The number of imidazole rings is 1. The van der Waals surface area contributed by atoms with Crippen LogP contribution >= 0.6 is 22.9 Å². The molecule has 5 heteroatoms. The Bertz CT molecular complexity index is 687. The van der Waals surface area contributed by atoms with Crippen molar-refractivity contribution >= 4 is 27.9 Å². The van der Waals surface area contributed by atoms with Gasteiger partial charge in [-0.2, -0.15) is 0 Å². The van der Waals surface area contributed by atoms with Gasteiger partial charge in [-0.15, -0.1) is 11.3 Å². The summed E-state index contributed by atoms with van der Waals surface area (Å²) >= 11 is 7.82. The van der Waals surface area contributed by atoms with Gasteiger partial charge in [0.25, 0.3) is 0 Å². The highest BCUT2D eigenvalue weighted by atomic mass is 35.5. The molecule has 0 aliphatic rings. The lowest BCUT2D eigenvalue weighted by Gasteiger charge is -2.05. The second-order valence-corrected chi connectivity index (χ2v) is 5.63. The molecule has 19 heavy (non-hydrogen) atoms. The quantitative estimate of drug-likeness (QED) is 0.795. The van der Waals surface area contributed by atoms with Gasteiger partial charge in [0.15, 0.2) is 10.1 Å². The minimum atomic E-state index is 0.593. The lowest BCUT2D eigenvalue weighted by Crippen LogP contribution is -2.14. The lowest BCUT2D eigenvalue weighted by atomic mass is 10.2. The number of nitrogens with zero attached hydrogens (tertiary/aromatic N) is 2. The first-order valence-electron chi connectivity index (χ1n) is 6.11. The van der Waals surface area contributed by atoms with Crippen LogP contribution in [0.15, 0.2) is 35.7 Å². The Balaban J connectivity index is 1.75. The first-order valence-corrected chi connectivity index (χ1v) is 7.37. The predicted molar refractivity (Wildman–Crippen MR) is 79.8 cm³/mol. The second-order valence-electron chi connectivity index (χ2n) is 4.43. The van der Waals surface area contributed by atoms with Gasteiger partial charge in [0.1, 0.15) is 0 Å². The topological polar surface area (TPSA) is 29.3 Å². The molecule has 0 aliphatic heterocycles. The fourth-order valence-electron chi connectivity index (χ4n) is 2.11. The third kappa shape index (κ3) is 2.52. The molecule has 0 bridgehead atoms. The minimum absolute atomic E-state index is 0.593. The van der Waals surface area contributed by atoms with Crippen LogP contribution in [-0.4, -0.2) is 9.38 Å². The van der Waals surface area contributed by atoms with Crippen LogP contribution in [0, 0.1) is 6.92 Å². The number of hydrogen-bond acceptors (Lipinski definition) is 3.